The van der Waals surface area contributed by atoms with Crippen LogP contribution in [0.5, 0.6) is 0 Å². The molecule has 0 unspecified atom stereocenters. The van der Waals surface area contributed by atoms with Crippen LogP contribution >= 0.6 is 11.8 Å². The van der Waals surface area contributed by atoms with Crippen molar-refractivity contribution in [2.75, 3.05) is 26.1 Å². The lowest BCUT2D eigenvalue weighted by Crippen LogP contribution is -2.10. The van der Waals surface area contributed by atoms with Gasteiger partial charge in [-0.3, -0.25) is 0 Å². The summed E-state index contributed by atoms with van der Waals surface area (Å²) >= 11 is 1.25. The molecule has 3 rings (SSSR count). The van der Waals surface area contributed by atoms with E-state index in [4.69, 9.17) is 0 Å². The number of aromatic amines is 1. The minimum Gasteiger partial charge on any atom is -0.358 e. The molecule has 1 aliphatic rings. The maximum atomic E-state index is 12.3. The van der Waals surface area contributed by atoms with E-state index in [1.165, 1.54) is 54.3 Å². The smallest absolute Gasteiger partial charge is 0.139 e. The molecule has 0 aliphatic carbocycles. The number of aryl methyl sites for hydroxylation is 1. The van der Waals surface area contributed by atoms with Gasteiger partial charge in [-0.05, 0) is 69.1 Å². The topological polar surface area (TPSA) is 19.0 Å². The van der Waals surface area contributed by atoms with Gasteiger partial charge in [-0.25, -0.2) is 4.39 Å². The van der Waals surface area contributed by atoms with Crippen molar-refractivity contribution in [3.63, 3.8) is 0 Å². The molecule has 2 heterocycles. The normalized spacial score (nSPS) is 15.2. The number of thioether (sulfide) groups is 1. The Morgan fingerprint density at radius 3 is 2.43 bits per heavy atom. The van der Waals surface area contributed by atoms with Crippen LogP contribution in [0.3, 0.4) is 0 Å². The molecule has 1 saturated heterocycles. The molecule has 1 aromatic heterocycles. The number of hydrogen-bond donors (Lipinski definition) is 1. The van der Waals surface area contributed by atoms with Gasteiger partial charge >= 0.3 is 0 Å². The highest BCUT2D eigenvalue weighted by Gasteiger charge is 2.13. The molecule has 128 valence electrons. The third-order valence-corrected chi connectivity index (χ3v) is 5.09. The van der Waals surface area contributed by atoms with Crippen molar-refractivity contribution in [2.24, 2.45) is 0 Å². The fourth-order valence-electron chi connectivity index (χ4n) is 3.15. The van der Waals surface area contributed by atoms with Crippen LogP contribution in [0.1, 0.15) is 50.8 Å². The number of nitrogens with zero attached hydrogens (tertiary/aromatic N) is 1. The van der Waals surface area contributed by atoms with Gasteiger partial charge in [-0.2, -0.15) is 0 Å². The molecule has 4 heteroatoms. The van der Waals surface area contributed by atoms with Gasteiger partial charge in [0.1, 0.15) is 6.01 Å². The summed E-state index contributed by atoms with van der Waals surface area (Å²) in [6.07, 6.45) is 3.84. The molecule has 1 fully saturated rings. The predicted molar refractivity (Wildman–Crippen MR) is 100 cm³/mol. The fourth-order valence-corrected chi connectivity index (χ4v) is 3.64. The van der Waals surface area contributed by atoms with Crippen LogP contribution in [0.25, 0.3) is 10.9 Å². The maximum Gasteiger partial charge on any atom is 0.139 e. The molecular weight excluding hydrogens is 307 g/mol. The second-order valence-corrected chi connectivity index (χ2v) is 7.47. The molecular formula is C19H29FN2S. The summed E-state index contributed by atoms with van der Waals surface area (Å²) in [6.45, 7) is 9.20. The highest BCUT2D eigenvalue weighted by atomic mass is 32.2. The Hall–Kier alpha value is -1.00. The van der Waals surface area contributed by atoms with Crippen LogP contribution in [0.4, 0.5) is 4.39 Å². The summed E-state index contributed by atoms with van der Waals surface area (Å²) in [6, 6.07) is 5.76. The van der Waals surface area contributed by atoms with Gasteiger partial charge in [-0.15, -0.1) is 0 Å². The van der Waals surface area contributed by atoms with Gasteiger partial charge in [0.15, 0.2) is 0 Å². The molecule has 0 atom stereocenters. The first-order valence-corrected chi connectivity index (χ1v) is 9.57. The van der Waals surface area contributed by atoms with E-state index in [2.05, 4.69) is 49.8 Å². The molecule has 1 aromatic carbocycles. The quantitative estimate of drug-likeness (QED) is 0.734. The van der Waals surface area contributed by atoms with Crippen molar-refractivity contribution in [3.05, 3.63) is 29.5 Å². The van der Waals surface area contributed by atoms with E-state index >= 15 is 0 Å². The van der Waals surface area contributed by atoms with Crippen molar-refractivity contribution in [3.8, 4) is 0 Å². The van der Waals surface area contributed by atoms with Crippen molar-refractivity contribution >= 4 is 22.7 Å². The summed E-state index contributed by atoms with van der Waals surface area (Å²) in [5.74, 6) is 0.495. The first-order valence-electron chi connectivity index (χ1n) is 8.58. The number of H-pyrrole nitrogens is 1. The third-order valence-electron chi connectivity index (χ3n) is 4.39. The molecule has 0 amide bonds. The number of nitrogens with one attached hydrogen (secondary N) is 1. The van der Waals surface area contributed by atoms with Crippen LogP contribution in [-0.4, -0.2) is 36.0 Å². The maximum absolute atomic E-state index is 12.3. The summed E-state index contributed by atoms with van der Waals surface area (Å²) in [5.41, 5.74) is 3.84. The number of hydrogen-bond acceptors (Lipinski definition) is 2. The van der Waals surface area contributed by atoms with Crippen molar-refractivity contribution in [2.45, 2.75) is 50.8 Å². The highest BCUT2D eigenvalue weighted by Crippen LogP contribution is 2.31. The average Bonchev–Trinajstić information content (AvgIpc) is 3.14. The van der Waals surface area contributed by atoms with Crippen LogP contribution < -0.4 is 0 Å². The average molecular weight is 337 g/mol. The van der Waals surface area contributed by atoms with Crippen LogP contribution in [0, 0.1) is 0 Å². The molecule has 1 aliphatic heterocycles. The second kappa shape index (κ2) is 8.74. The molecule has 0 saturated carbocycles. The van der Waals surface area contributed by atoms with Crippen LogP contribution in [0.2, 0.25) is 0 Å². The lowest BCUT2D eigenvalue weighted by molar-refractivity contribution is 0.418. The zero-order valence-corrected chi connectivity index (χ0v) is 15.6. The highest BCUT2D eigenvalue weighted by molar-refractivity contribution is 7.99. The minimum absolute atomic E-state index is 0.367. The number of aromatic nitrogens is 1. The van der Waals surface area contributed by atoms with Crippen LogP contribution in [-0.2, 0) is 6.42 Å². The summed E-state index contributed by atoms with van der Waals surface area (Å²) in [7, 11) is 2.17. The lowest BCUT2D eigenvalue weighted by atomic mass is 10.0. The van der Waals surface area contributed by atoms with Crippen LogP contribution in [0.15, 0.2) is 23.1 Å². The van der Waals surface area contributed by atoms with Gasteiger partial charge in [0.05, 0.1) is 0 Å². The largest absolute Gasteiger partial charge is 0.358 e. The van der Waals surface area contributed by atoms with E-state index in [1.807, 2.05) is 6.07 Å². The lowest BCUT2D eigenvalue weighted by Gasteiger charge is -2.05. The third kappa shape index (κ3) is 4.74. The molecule has 2 aromatic rings. The Labute approximate surface area is 143 Å². The zero-order chi connectivity index (χ0) is 16.8. The molecule has 0 bridgehead atoms. The van der Waals surface area contributed by atoms with E-state index in [9.17, 15) is 4.39 Å². The number of halogens is 1. The number of rotatable bonds is 4. The molecule has 2 nitrogen and oxygen atoms in total. The standard InChI is InChI=1S/C14H18FNS.C5H11N/c1-4-11-12-7-10(17-8-15)5-6-13(12)16-14(11)9(2)3;1-6-4-2-3-5-6/h5-7,9,16H,4,8H2,1-3H3;2-5H2,1H3. The number of alkyl halides is 1. The Morgan fingerprint density at radius 1 is 1.26 bits per heavy atom. The van der Waals surface area contributed by atoms with E-state index in [1.54, 1.807) is 0 Å². The summed E-state index contributed by atoms with van der Waals surface area (Å²) in [4.78, 5) is 6.85. The second-order valence-electron chi connectivity index (χ2n) is 6.50. The van der Waals surface area contributed by atoms with Crippen molar-refractivity contribution < 1.29 is 4.39 Å². The van der Waals surface area contributed by atoms with E-state index in [0.717, 1.165) is 16.8 Å². The van der Waals surface area contributed by atoms with Crippen molar-refractivity contribution in [1.82, 2.24) is 9.88 Å². The Balaban J connectivity index is 0.000000268. The zero-order valence-electron chi connectivity index (χ0n) is 14.8. The summed E-state index contributed by atoms with van der Waals surface area (Å²) in [5, 5.41) is 1.25. The van der Waals surface area contributed by atoms with Gasteiger partial charge in [0, 0.05) is 21.5 Å². The van der Waals surface area contributed by atoms with Gasteiger partial charge in [-0.1, -0.05) is 32.5 Å². The minimum atomic E-state index is -0.367. The number of benzene rings is 1. The fraction of sp³-hybridized carbons (Fsp3) is 0.579. The monoisotopic (exact) mass is 336 g/mol. The molecule has 0 spiro atoms. The summed E-state index contributed by atoms with van der Waals surface area (Å²) < 4.78 is 12.3. The Morgan fingerprint density at radius 2 is 1.96 bits per heavy atom. The van der Waals surface area contributed by atoms with Gasteiger partial charge in [0.2, 0.25) is 0 Å². The van der Waals surface area contributed by atoms with E-state index in [-0.39, 0.29) is 6.01 Å². The SMILES string of the molecule is CCc1c(C(C)C)[nH]c2ccc(SCF)cc12.CN1CCCC1. The van der Waals surface area contributed by atoms with E-state index < -0.39 is 0 Å². The van der Waals surface area contributed by atoms with Gasteiger partial charge in [0.25, 0.3) is 0 Å². The Bertz CT molecular complexity index is 615. The number of fused-ring (bicyclic) bond motifs is 1. The van der Waals surface area contributed by atoms with E-state index in [0.29, 0.717) is 5.92 Å². The van der Waals surface area contributed by atoms with Gasteiger partial charge < -0.3 is 9.88 Å². The number of likely N-dealkylation sites (tertiary alicyclic amines) is 1. The first kappa shape index (κ1) is 18.3. The van der Waals surface area contributed by atoms with Crippen molar-refractivity contribution in [1.29, 1.82) is 0 Å². The first-order chi connectivity index (χ1) is 11.1. The molecule has 23 heavy (non-hydrogen) atoms. The molecule has 0 radical (unpaired) electrons. The predicted octanol–water partition coefficient (Wildman–Crippen LogP) is 5.58. The Kier molecular flexibility index (Phi) is 6.97. The molecule has 1 N–H and O–H groups in total.